The fourth-order valence-corrected chi connectivity index (χ4v) is 0.844. The molecule has 1 atom stereocenters. The van der Waals surface area contributed by atoms with Crippen LogP contribution in [0.1, 0.15) is 20.3 Å². The zero-order valence-corrected chi connectivity index (χ0v) is 5.23. The van der Waals surface area contributed by atoms with Gasteiger partial charge in [0.05, 0.1) is 6.07 Å². The van der Waals surface area contributed by atoms with E-state index in [0.29, 0.717) is 0 Å². The summed E-state index contributed by atoms with van der Waals surface area (Å²) in [5.41, 5.74) is 5.13. The van der Waals surface area contributed by atoms with Gasteiger partial charge >= 0.3 is 0 Å². The van der Waals surface area contributed by atoms with Crippen LogP contribution in [0.2, 0.25) is 0 Å². The van der Waals surface area contributed by atoms with E-state index in [0.717, 1.165) is 6.42 Å². The fourth-order valence-electron chi connectivity index (χ4n) is 0.844. The second kappa shape index (κ2) is 1.06. The van der Waals surface area contributed by atoms with Crippen molar-refractivity contribution in [1.29, 1.82) is 5.26 Å². The standard InChI is InChI=1S/C6H10N2/c1-5(2)3-6(5,8)4-7/h3,8H2,1-2H3. The van der Waals surface area contributed by atoms with Crippen molar-refractivity contribution in [3.05, 3.63) is 0 Å². The molecule has 0 saturated heterocycles. The Hall–Kier alpha value is -0.550. The molecule has 0 spiro atoms. The highest BCUT2D eigenvalue weighted by Crippen LogP contribution is 2.52. The molecule has 0 amide bonds. The van der Waals surface area contributed by atoms with Gasteiger partial charge in [0.2, 0.25) is 0 Å². The quantitative estimate of drug-likeness (QED) is 0.497. The van der Waals surface area contributed by atoms with E-state index in [1.54, 1.807) is 0 Å². The van der Waals surface area contributed by atoms with E-state index in [9.17, 15) is 0 Å². The second-order valence-electron chi connectivity index (χ2n) is 3.14. The molecule has 2 heteroatoms. The highest BCUT2D eigenvalue weighted by molar-refractivity contribution is 5.27. The molecule has 1 unspecified atom stereocenters. The molecule has 0 aliphatic heterocycles. The molecule has 0 aromatic heterocycles. The van der Waals surface area contributed by atoms with Crippen molar-refractivity contribution >= 4 is 0 Å². The first-order valence-electron chi connectivity index (χ1n) is 2.72. The van der Waals surface area contributed by atoms with E-state index in [2.05, 4.69) is 6.07 Å². The predicted molar refractivity (Wildman–Crippen MR) is 30.9 cm³/mol. The Morgan fingerprint density at radius 1 is 1.62 bits per heavy atom. The average molecular weight is 110 g/mol. The van der Waals surface area contributed by atoms with Crippen LogP contribution in [0.3, 0.4) is 0 Å². The van der Waals surface area contributed by atoms with Gasteiger partial charge < -0.3 is 5.73 Å². The third-order valence-corrected chi connectivity index (χ3v) is 2.00. The Morgan fingerprint density at radius 3 is 2.00 bits per heavy atom. The maximum atomic E-state index is 8.43. The summed E-state index contributed by atoms with van der Waals surface area (Å²) in [6, 6.07) is 2.08. The number of nitrogens with two attached hydrogens (primary N) is 1. The van der Waals surface area contributed by atoms with Gasteiger partial charge in [-0.15, -0.1) is 0 Å². The molecule has 1 saturated carbocycles. The Labute approximate surface area is 49.3 Å². The normalized spacial score (nSPS) is 40.8. The van der Waals surface area contributed by atoms with E-state index in [1.807, 2.05) is 13.8 Å². The van der Waals surface area contributed by atoms with Crippen molar-refractivity contribution < 1.29 is 0 Å². The Morgan fingerprint density at radius 2 is 2.00 bits per heavy atom. The summed E-state index contributed by atoms with van der Waals surface area (Å²) in [6.07, 6.45) is 0.844. The first kappa shape index (κ1) is 5.58. The molecule has 1 aliphatic carbocycles. The number of nitrogens with zero attached hydrogens (tertiary/aromatic N) is 1. The van der Waals surface area contributed by atoms with E-state index in [1.165, 1.54) is 0 Å². The Bertz CT molecular complexity index is 154. The number of hydrogen-bond acceptors (Lipinski definition) is 2. The molecule has 8 heavy (non-hydrogen) atoms. The largest absolute Gasteiger partial charge is 0.313 e. The van der Waals surface area contributed by atoms with Gasteiger partial charge in [0.25, 0.3) is 0 Å². The summed E-state index contributed by atoms with van der Waals surface area (Å²) in [7, 11) is 0. The van der Waals surface area contributed by atoms with E-state index >= 15 is 0 Å². The summed E-state index contributed by atoms with van der Waals surface area (Å²) < 4.78 is 0. The van der Waals surface area contributed by atoms with Gasteiger partial charge in [0.1, 0.15) is 5.54 Å². The van der Waals surface area contributed by atoms with E-state index < -0.39 is 5.54 Å². The van der Waals surface area contributed by atoms with Crippen LogP contribution in [0, 0.1) is 16.7 Å². The molecular formula is C6H10N2. The Balaban J connectivity index is 2.72. The molecule has 44 valence electrons. The second-order valence-corrected chi connectivity index (χ2v) is 3.14. The van der Waals surface area contributed by atoms with Crippen molar-refractivity contribution in [2.24, 2.45) is 11.1 Å². The third-order valence-electron chi connectivity index (χ3n) is 2.00. The highest BCUT2D eigenvalue weighted by atomic mass is 14.9. The van der Waals surface area contributed by atoms with E-state index in [4.69, 9.17) is 11.0 Å². The molecule has 1 fully saturated rings. The molecule has 2 nitrogen and oxygen atoms in total. The van der Waals surface area contributed by atoms with Gasteiger partial charge in [-0.05, 0) is 11.8 Å². The van der Waals surface area contributed by atoms with Crippen molar-refractivity contribution in [3.8, 4) is 6.07 Å². The van der Waals surface area contributed by atoms with Gasteiger partial charge in [0, 0.05) is 0 Å². The van der Waals surface area contributed by atoms with Crippen LogP contribution in [0.25, 0.3) is 0 Å². The molecule has 0 aromatic carbocycles. The molecule has 0 heterocycles. The molecule has 1 rings (SSSR count). The average Bonchev–Trinajstić information content (AvgIpc) is 2.10. The monoisotopic (exact) mass is 110 g/mol. The number of rotatable bonds is 0. The topological polar surface area (TPSA) is 49.8 Å². The first-order valence-corrected chi connectivity index (χ1v) is 2.72. The summed E-state index contributed by atoms with van der Waals surface area (Å²) in [5, 5.41) is 8.43. The van der Waals surface area contributed by atoms with Crippen molar-refractivity contribution in [3.63, 3.8) is 0 Å². The van der Waals surface area contributed by atoms with Gasteiger partial charge in [0.15, 0.2) is 0 Å². The maximum absolute atomic E-state index is 8.43. The minimum atomic E-state index is -0.507. The predicted octanol–water partition coefficient (Wildman–Crippen LogP) is 0.637. The first-order chi connectivity index (χ1) is 3.52. The van der Waals surface area contributed by atoms with Crippen LogP contribution in [-0.4, -0.2) is 5.54 Å². The lowest BCUT2D eigenvalue weighted by atomic mass is 10.1. The van der Waals surface area contributed by atoms with Crippen LogP contribution in [0.4, 0.5) is 0 Å². The summed E-state index contributed by atoms with van der Waals surface area (Å²) in [5.74, 6) is 0. The van der Waals surface area contributed by atoms with Crippen LogP contribution in [0.5, 0.6) is 0 Å². The minimum absolute atomic E-state index is 0.0712. The van der Waals surface area contributed by atoms with Crippen molar-refractivity contribution in [2.75, 3.05) is 0 Å². The summed E-state index contributed by atoms with van der Waals surface area (Å²) >= 11 is 0. The maximum Gasteiger partial charge on any atom is 0.110 e. The zero-order valence-electron chi connectivity index (χ0n) is 5.23. The summed E-state index contributed by atoms with van der Waals surface area (Å²) in [6.45, 7) is 4.02. The lowest BCUT2D eigenvalue weighted by molar-refractivity contribution is 0.566. The SMILES string of the molecule is CC1(C)CC1(N)C#N. The van der Waals surface area contributed by atoms with E-state index in [-0.39, 0.29) is 5.41 Å². The van der Waals surface area contributed by atoms with Gasteiger partial charge in [-0.1, -0.05) is 13.8 Å². The summed E-state index contributed by atoms with van der Waals surface area (Å²) in [4.78, 5) is 0. The van der Waals surface area contributed by atoms with Crippen molar-refractivity contribution in [1.82, 2.24) is 0 Å². The number of nitriles is 1. The lowest BCUT2D eigenvalue weighted by Gasteiger charge is -2.01. The lowest BCUT2D eigenvalue weighted by Crippen LogP contribution is -2.25. The molecule has 1 aliphatic rings. The Kier molecular flexibility index (Phi) is 0.739. The molecular weight excluding hydrogens is 100 g/mol. The molecule has 2 N–H and O–H groups in total. The van der Waals surface area contributed by atoms with Crippen LogP contribution in [0.15, 0.2) is 0 Å². The molecule has 0 radical (unpaired) electrons. The van der Waals surface area contributed by atoms with Crippen LogP contribution in [-0.2, 0) is 0 Å². The smallest absolute Gasteiger partial charge is 0.110 e. The third kappa shape index (κ3) is 0.452. The van der Waals surface area contributed by atoms with Gasteiger partial charge in [-0.2, -0.15) is 5.26 Å². The number of hydrogen-bond donors (Lipinski definition) is 1. The fraction of sp³-hybridized carbons (Fsp3) is 0.833. The van der Waals surface area contributed by atoms with Gasteiger partial charge in [-0.25, -0.2) is 0 Å². The van der Waals surface area contributed by atoms with Crippen LogP contribution >= 0.6 is 0 Å². The van der Waals surface area contributed by atoms with Gasteiger partial charge in [-0.3, -0.25) is 0 Å². The highest BCUT2D eigenvalue weighted by Gasteiger charge is 2.59. The zero-order chi connectivity index (χ0) is 6.41. The minimum Gasteiger partial charge on any atom is -0.313 e. The molecule has 0 aromatic rings. The van der Waals surface area contributed by atoms with Crippen molar-refractivity contribution in [2.45, 2.75) is 25.8 Å². The van der Waals surface area contributed by atoms with Crippen LogP contribution < -0.4 is 5.73 Å². The molecule has 0 bridgehead atoms.